The van der Waals surface area contributed by atoms with Crippen LogP contribution in [0.1, 0.15) is 56.0 Å². The number of imide groups is 1. The standard InChI is InChI=1S/C20H26N2O5/c1-4-7-14-8-10-15(11-9-14)16(23)13-27-17(24)12-22-18(25)20(5-2,6-3)21-19(22)26/h8-11H,4-7,12-13H2,1-3H3,(H,21,26). The first-order valence-electron chi connectivity index (χ1n) is 9.28. The van der Waals surface area contributed by atoms with Crippen LogP contribution in [-0.2, 0) is 20.7 Å². The average molecular weight is 374 g/mol. The van der Waals surface area contributed by atoms with Crippen LogP contribution in [-0.4, -0.2) is 47.3 Å². The molecule has 0 spiro atoms. The van der Waals surface area contributed by atoms with E-state index in [2.05, 4.69) is 12.2 Å². The van der Waals surface area contributed by atoms with Gasteiger partial charge >= 0.3 is 12.0 Å². The van der Waals surface area contributed by atoms with Crippen LogP contribution in [0.3, 0.4) is 0 Å². The van der Waals surface area contributed by atoms with Crippen molar-refractivity contribution in [2.45, 2.75) is 52.0 Å². The van der Waals surface area contributed by atoms with Gasteiger partial charge in [0, 0.05) is 5.56 Å². The molecule has 0 aromatic heterocycles. The number of esters is 1. The third-order valence-electron chi connectivity index (χ3n) is 4.92. The molecule has 27 heavy (non-hydrogen) atoms. The lowest BCUT2D eigenvalue weighted by Crippen LogP contribution is -2.46. The summed E-state index contributed by atoms with van der Waals surface area (Å²) >= 11 is 0. The highest BCUT2D eigenvalue weighted by Crippen LogP contribution is 2.24. The molecular formula is C20H26N2O5. The van der Waals surface area contributed by atoms with Gasteiger partial charge in [-0.3, -0.25) is 19.3 Å². The second kappa shape index (κ2) is 8.79. The second-order valence-electron chi connectivity index (χ2n) is 6.64. The molecular weight excluding hydrogens is 348 g/mol. The molecule has 0 saturated carbocycles. The lowest BCUT2D eigenvalue weighted by molar-refractivity contribution is -0.146. The molecule has 0 radical (unpaired) electrons. The second-order valence-corrected chi connectivity index (χ2v) is 6.64. The van der Waals surface area contributed by atoms with Crippen LogP contribution in [0.2, 0.25) is 0 Å². The van der Waals surface area contributed by atoms with Gasteiger partial charge in [-0.05, 0) is 24.8 Å². The van der Waals surface area contributed by atoms with Crippen LogP contribution < -0.4 is 5.32 Å². The number of nitrogens with one attached hydrogen (secondary N) is 1. The van der Waals surface area contributed by atoms with Crippen molar-refractivity contribution < 1.29 is 23.9 Å². The SMILES string of the molecule is CCCc1ccc(C(=O)COC(=O)CN2C(=O)NC(CC)(CC)C2=O)cc1. The number of urea groups is 1. The highest BCUT2D eigenvalue weighted by atomic mass is 16.5. The zero-order valence-corrected chi connectivity index (χ0v) is 16.0. The summed E-state index contributed by atoms with van der Waals surface area (Å²) in [5, 5.41) is 2.64. The Morgan fingerprint density at radius 3 is 2.22 bits per heavy atom. The van der Waals surface area contributed by atoms with Crippen LogP contribution in [0.15, 0.2) is 24.3 Å². The first-order chi connectivity index (χ1) is 12.9. The van der Waals surface area contributed by atoms with Gasteiger partial charge in [-0.15, -0.1) is 0 Å². The zero-order valence-electron chi connectivity index (χ0n) is 16.0. The van der Waals surface area contributed by atoms with Crippen molar-refractivity contribution in [1.82, 2.24) is 10.2 Å². The number of amides is 3. The van der Waals surface area contributed by atoms with Gasteiger partial charge in [0.15, 0.2) is 12.4 Å². The molecule has 1 saturated heterocycles. The lowest BCUT2D eigenvalue weighted by atomic mass is 9.93. The smallest absolute Gasteiger partial charge is 0.326 e. The molecule has 0 unspecified atom stereocenters. The Labute approximate surface area is 159 Å². The van der Waals surface area contributed by atoms with E-state index < -0.39 is 36.6 Å². The van der Waals surface area contributed by atoms with Crippen molar-refractivity contribution in [1.29, 1.82) is 0 Å². The molecule has 1 heterocycles. The van der Waals surface area contributed by atoms with Crippen molar-refractivity contribution in [2.24, 2.45) is 0 Å². The summed E-state index contributed by atoms with van der Waals surface area (Å²) in [4.78, 5) is 49.5. The number of hydrogen-bond donors (Lipinski definition) is 1. The molecule has 1 fully saturated rings. The van der Waals surface area contributed by atoms with Crippen LogP contribution >= 0.6 is 0 Å². The number of nitrogens with zero attached hydrogens (tertiary/aromatic N) is 1. The maximum Gasteiger partial charge on any atom is 0.326 e. The van der Waals surface area contributed by atoms with E-state index in [1.807, 2.05) is 12.1 Å². The summed E-state index contributed by atoms with van der Waals surface area (Å²) in [5.74, 6) is -1.56. The number of benzene rings is 1. The fourth-order valence-corrected chi connectivity index (χ4v) is 3.10. The van der Waals surface area contributed by atoms with E-state index in [0.717, 1.165) is 23.3 Å². The first kappa shape index (κ1) is 20.6. The molecule has 3 amide bonds. The molecule has 1 aliphatic rings. The molecule has 7 heteroatoms. The molecule has 0 aliphatic carbocycles. The molecule has 0 atom stereocenters. The monoisotopic (exact) mass is 374 g/mol. The maximum atomic E-state index is 12.4. The van der Waals surface area contributed by atoms with E-state index in [9.17, 15) is 19.2 Å². The summed E-state index contributed by atoms with van der Waals surface area (Å²) in [5.41, 5.74) is 0.626. The molecule has 0 bridgehead atoms. The Kier molecular flexibility index (Phi) is 6.71. The number of aryl methyl sites for hydroxylation is 1. The van der Waals surface area contributed by atoms with Crippen LogP contribution in [0.4, 0.5) is 4.79 Å². The van der Waals surface area contributed by atoms with Gasteiger partial charge in [-0.2, -0.15) is 0 Å². The maximum absolute atomic E-state index is 12.4. The van der Waals surface area contributed by atoms with E-state index in [0.29, 0.717) is 18.4 Å². The highest BCUT2D eigenvalue weighted by molar-refractivity contribution is 6.08. The van der Waals surface area contributed by atoms with Gasteiger partial charge in [0.05, 0.1) is 0 Å². The minimum absolute atomic E-state index is 0.333. The Balaban J connectivity index is 1.89. The van der Waals surface area contributed by atoms with Gasteiger partial charge in [0.2, 0.25) is 0 Å². The molecule has 1 aliphatic heterocycles. The van der Waals surface area contributed by atoms with Gasteiger partial charge in [0.1, 0.15) is 12.1 Å². The third kappa shape index (κ3) is 4.53. The van der Waals surface area contributed by atoms with E-state index >= 15 is 0 Å². The fourth-order valence-electron chi connectivity index (χ4n) is 3.10. The summed E-state index contributed by atoms with van der Waals surface area (Å²) in [6.07, 6.45) is 2.83. The van der Waals surface area contributed by atoms with Crippen molar-refractivity contribution >= 4 is 23.7 Å². The topological polar surface area (TPSA) is 92.8 Å². The molecule has 7 nitrogen and oxygen atoms in total. The van der Waals surface area contributed by atoms with E-state index in [-0.39, 0.29) is 5.78 Å². The van der Waals surface area contributed by atoms with Gasteiger partial charge in [-0.1, -0.05) is 51.5 Å². The van der Waals surface area contributed by atoms with Crippen molar-refractivity contribution in [3.8, 4) is 0 Å². The summed E-state index contributed by atoms with van der Waals surface area (Å²) in [6.45, 7) is 4.74. The Bertz CT molecular complexity index is 722. The Hall–Kier alpha value is -2.70. The van der Waals surface area contributed by atoms with E-state index in [1.165, 1.54) is 0 Å². The predicted octanol–water partition coefficient (Wildman–Crippen LogP) is 2.48. The fraction of sp³-hybridized carbons (Fsp3) is 0.500. The molecule has 1 aromatic rings. The quantitative estimate of drug-likeness (QED) is 0.407. The summed E-state index contributed by atoms with van der Waals surface area (Å²) < 4.78 is 4.97. The number of carbonyl (C=O) groups excluding carboxylic acids is 4. The number of ketones is 1. The Morgan fingerprint density at radius 2 is 1.70 bits per heavy atom. The Morgan fingerprint density at radius 1 is 1.07 bits per heavy atom. The number of hydrogen-bond acceptors (Lipinski definition) is 5. The summed E-state index contributed by atoms with van der Waals surface area (Å²) in [7, 11) is 0. The normalized spacial score (nSPS) is 15.6. The average Bonchev–Trinajstić information content (AvgIpc) is 2.91. The van der Waals surface area contributed by atoms with Gasteiger partial charge in [-0.25, -0.2) is 4.79 Å². The predicted molar refractivity (Wildman–Crippen MR) is 99.3 cm³/mol. The van der Waals surface area contributed by atoms with Crippen LogP contribution in [0.25, 0.3) is 0 Å². The van der Waals surface area contributed by atoms with Crippen molar-refractivity contribution in [2.75, 3.05) is 13.2 Å². The van der Waals surface area contributed by atoms with E-state index in [4.69, 9.17) is 4.74 Å². The van der Waals surface area contributed by atoms with Crippen LogP contribution in [0.5, 0.6) is 0 Å². The number of Topliss-reactive ketones (excluding diaryl/α,β-unsaturated/α-hetero) is 1. The highest BCUT2D eigenvalue weighted by Gasteiger charge is 2.49. The van der Waals surface area contributed by atoms with Gasteiger partial charge in [0.25, 0.3) is 5.91 Å². The molecule has 1 N–H and O–H groups in total. The number of carbonyl (C=O) groups is 4. The number of ether oxygens (including phenoxy) is 1. The van der Waals surface area contributed by atoms with Gasteiger partial charge < -0.3 is 10.1 Å². The molecule has 146 valence electrons. The largest absolute Gasteiger partial charge is 0.456 e. The minimum atomic E-state index is -0.965. The van der Waals surface area contributed by atoms with E-state index in [1.54, 1.807) is 26.0 Å². The summed E-state index contributed by atoms with van der Waals surface area (Å²) in [6, 6.07) is 6.55. The molecule has 1 aromatic carbocycles. The zero-order chi connectivity index (χ0) is 20.0. The van der Waals surface area contributed by atoms with Crippen molar-refractivity contribution in [3.05, 3.63) is 35.4 Å². The third-order valence-corrected chi connectivity index (χ3v) is 4.92. The van der Waals surface area contributed by atoms with Crippen LogP contribution in [0, 0.1) is 0 Å². The first-order valence-corrected chi connectivity index (χ1v) is 9.28. The number of rotatable bonds is 9. The lowest BCUT2D eigenvalue weighted by Gasteiger charge is -2.22. The molecule has 2 rings (SSSR count). The van der Waals surface area contributed by atoms with Crippen molar-refractivity contribution in [3.63, 3.8) is 0 Å². The minimum Gasteiger partial charge on any atom is -0.456 e.